The zero-order valence-electron chi connectivity index (χ0n) is 37.5. The van der Waals surface area contributed by atoms with Gasteiger partial charge in [-0.1, -0.05) is 91.5 Å². The fourth-order valence-electron chi connectivity index (χ4n) is 8.46. The van der Waals surface area contributed by atoms with Gasteiger partial charge in [-0.15, -0.1) is 10.2 Å². The maximum absolute atomic E-state index is 13.7. The molecular weight excluding hydrogens is 877 g/mol. The number of hydrogen-bond donors (Lipinski definition) is 3. The van der Waals surface area contributed by atoms with E-state index in [1.165, 1.54) is 0 Å². The molecule has 0 aliphatic carbocycles. The van der Waals surface area contributed by atoms with Gasteiger partial charge in [-0.25, -0.2) is 9.97 Å². The fraction of sp³-hybridized carbons (Fsp3) is 0.192. The molecular formula is C52H46N10O5S. The number of H-pyrrole nitrogens is 1. The lowest BCUT2D eigenvalue weighted by atomic mass is 9.98. The van der Waals surface area contributed by atoms with Crippen molar-refractivity contribution in [3.05, 3.63) is 167 Å². The number of benzene rings is 6. The Hall–Kier alpha value is -8.11. The number of ether oxygens (including phenoxy) is 2. The molecule has 1 unspecified atom stereocenters. The number of aromatic nitrogens is 8. The number of carbonyl (C=O) groups is 3. The molecule has 0 radical (unpaired) electrons. The summed E-state index contributed by atoms with van der Waals surface area (Å²) in [4.78, 5) is 47.0. The smallest absolute Gasteiger partial charge is 0.286 e. The monoisotopic (exact) mass is 922 g/mol. The average Bonchev–Trinajstić information content (AvgIpc) is 4.15. The van der Waals surface area contributed by atoms with Gasteiger partial charge in [0, 0.05) is 43.8 Å². The van der Waals surface area contributed by atoms with Crippen molar-refractivity contribution in [3.63, 3.8) is 0 Å². The van der Waals surface area contributed by atoms with Crippen LogP contribution in [-0.2, 0) is 44.4 Å². The van der Waals surface area contributed by atoms with Crippen LogP contribution in [0.4, 0.5) is 4.79 Å². The zero-order valence-corrected chi connectivity index (χ0v) is 38.3. The summed E-state index contributed by atoms with van der Waals surface area (Å²) in [7, 11) is 1.94. The van der Waals surface area contributed by atoms with Gasteiger partial charge >= 0.3 is 0 Å². The largest absolute Gasteiger partial charge is 0.486 e. The fourth-order valence-corrected chi connectivity index (χ4v) is 9.32. The van der Waals surface area contributed by atoms with Crippen molar-refractivity contribution in [3.8, 4) is 39.8 Å². The van der Waals surface area contributed by atoms with Crippen LogP contribution < -0.4 is 20.1 Å². The quantitative estimate of drug-likeness (QED) is 0.0840. The van der Waals surface area contributed by atoms with Gasteiger partial charge in [0.05, 0.1) is 27.3 Å². The number of nitrogens with zero attached hydrogens (tertiary/aromatic N) is 7. The summed E-state index contributed by atoms with van der Waals surface area (Å²) < 4.78 is 16.5. The minimum absolute atomic E-state index is 0.165. The molecule has 3 amide bonds. The second kappa shape index (κ2) is 19.0. The number of imidazole rings is 2. The molecule has 1 fully saturated rings. The summed E-state index contributed by atoms with van der Waals surface area (Å²) >= 11 is 1.02. The SMILES string of the molecule is CCCc1nc2c(C)cc(C(=O)NCc3ccc(Oc4ccc5nc(COc6ccc(CC7SC(=O)NC7=O)cc6)n(C)c5c4)cc3)cc2n1Cc1ccc(-c2ccccc2-c2nn[nH]n2)cc1. The van der Waals surface area contributed by atoms with E-state index in [-0.39, 0.29) is 23.7 Å². The summed E-state index contributed by atoms with van der Waals surface area (Å²) in [6.07, 6.45) is 2.22. The van der Waals surface area contributed by atoms with E-state index in [0.29, 0.717) is 48.1 Å². The average molecular weight is 923 g/mol. The molecule has 1 atom stereocenters. The predicted octanol–water partition coefficient (Wildman–Crippen LogP) is 9.27. The molecule has 4 heterocycles. The Labute approximate surface area is 395 Å². The van der Waals surface area contributed by atoms with Crippen molar-refractivity contribution in [1.82, 2.24) is 50.4 Å². The van der Waals surface area contributed by atoms with E-state index < -0.39 is 5.25 Å². The van der Waals surface area contributed by atoms with Gasteiger partial charge in [0.2, 0.25) is 11.7 Å². The van der Waals surface area contributed by atoms with Gasteiger partial charge in [0.15, 0.2) is 0 Å². The summed E-state index contributed by atoms with van der Waals surface area (Å²) in [5.41, 5.74) is 11.0. The molecule has 1 aliphatic heterocycles. The third kappa shape index (κ3) is 9.31. The molecule has 1 aliphatic rings. The summed E-state index contributed by atoms with van der Waals surface area (Å²) in [6, 6.07) is 41.3. The number of rotatable bonds is 16. The van der Waals surface area contributed by atoms with Crippen LogP contribution in [0.25, 0.3) is 44.6 Å². The van der Waals surface area contributed by atoms with Gasteiger partial charge in [-0.2, -0.15) is 5.21 Å². The van der Waals surface area contributed by atoms with Gasteiger partial charge in [-0.3, -0.25) is 19.7 Å². The molecule has 0 saturated carbocycles. The van der Waals surface area contributed by atoms with E-state index in [1.807, 2.05) is 116 Å². The Morgan fingerprint density at radius 1 is 0.794 bits per heavy atom. The Balaban J connectivity index is 0.766. The summed E-state index contributed by atoms with van der Waals surface area (Å²) in [6.45, 7) is 5.37. The third-order valence-corrected chi connectivity index (χ3v) is 13.0. The lowest BCUT2D eigenvalue weighted by Crippen LogP contribution is -2.25. The number of fused-ring (bicyclic) bond motifs is 2. The normalized spacial score (nSPS) is 13.6. The molecule has 16 heteroatoms. The van der Waals surface area contributed by atoms with Gasteiger partial charge in [0.1, 0.15) is 35.5 Å². The van der Waals surface area contributed by atoms with Crippen molar-refractivity contribution in [2.24, 2.45) is 7.05 Å². The second-order valence-electron chi connectivity index (χ2n) is 16.7. The number of thioether (sulfide) groups is 1. The highest BCUT2D eigenvalue weighted by atomic mass is 32.2. The van der Waals surface area contributed by atoms with Crippen molar-refractivity contribution in [2.75, 3.05) is 0 Å². The first-order valence-electron chi connectivity index (χ1n) is 22.3. The van der Waals surface area contributed by atoms with Crippen LogP contribution in [0.15, 0.2) is 127 Å². The van der Waals surface area contributed by atoms with Crippen LogP contribution in [-0.4, -0.2) is 62.0 Å². The van der Waals surface area contributed by atoms with Crippen LogP contribution in [0, 0.1) is 6.92 Å². The number of tetrazole rings is 1. The number of imide groups is 1. The number of hydrogen-bond acceptors (Lipinski definition) is 11. The molecule has 1 saturated heterocycles. The van der Waals surface area contributed by atoms with Crippen molar-refractivity contribution in [1.29, 1.82) is 0 Å². The molecule has 15 nitrogen and oxygen atoms in total. The van der Waals surface area contributed by atoms with E-state index in [1.54, 1.807) is 0 Å². The van der Waals surface area contributed by atoms with E-state index in [4.69, 9.17) is 19.4 Å². The highest BCUT2D eigenvalue weighted by molar-refractivity contribution is 8.15. The van der Waals surface area contributed by atoms with Crippen LogP contribution in [0.1, 0.15) is 57.6 Å². The first-order chi connectivity index (χ1) is 33.1. The molecule has 9 aromatic rings. The number of carbonyl (C=O) groups excluding carboxylic acids is 3. The number of aromatic amines is 1. The molecule has 6 aromatic carbocycles. The lowest BCUT2D eigenvalue weighted by Gasteiger charge is -2.12. The van der Waals surface area contributed by atoms with E-state index in [2.05, 4.69) is 73.1 Å². The van der Waals surface area contributed by atoms with E-state index in [0.717, 1.165) is 97.3 Å². The van der Waals surface area contributed by atoms with Crippen molar-refractivity contribution >= 4 is 50.9 Å². The Kier molecular flexibility index (Phi) is 12.2. The predicted molar refractivity (Wildman–Crippen MR) is 260 cm³/mol. The lowest BCUT2D eigenvalue weighted by molar-refractivity contribution is -0.118. The highest BCUT2D eigenvalue weighted by Gasteiger charge is 2.31. The molecule has 68 heavy (non-hydrogen) atoms. The minimum Gasteiger partial charge on any atom is -0.486 e. The highest BCUT2D eigenvalue weighted by Crippen LogP contribution is 2.32. The first-order valence-corrected chi connectivity index (χ1v) is 23.2. The standard InChI is InChI=1S/C52H46N10O5S/c1-4-7-46-55-48-31(2)24-36(26-44(48)62(46)29-34-10-16-35(17-11-34)40-8-5-6-9-41(40)49-57-59-60-58-49)50(63)53-28-33-14-20-38(21-15-33)67-39-22-23-42-43(27-39)61(3)47(54-42)30-66-37-18-12-32(13-19-37)25-45-51(64)56-52(65)68-45/h5-6,8-24,26-27,45H,4,7,25,28-30H2,1-3H3,(H,53,63)(H,56,64,65)(H,57,58,59,60). The van der Waals surface area contributed by atoms with E-state index in [9.17, 15) is 14.4 Å². The molecule has 0 bridgehead atoms. The topological polar surface area (TPSA) is 184 Å². The minimum atomic E-state index is -0.414. The number of aryl methyl sites for hydroxylation is 3. The zero-order chi connectivity index (χ0) is 46.7. The van der Waals surface area contributed by atoms with Crippen LogP contribution >= 0.6 is 11.8 Å². The van der Waals surface area contributed by atoms with E-state index >= 15 is 0 Å². The van der Waals surface area contributed by atoms with Gasteiger partial charge in [0.25, 0.3) is 11.1 Å². The van der Waals surface area contributed by atoms with Crippen LogP contribution in [0.5, 0.6) is 17.2 Å². The maximum atomic E-state index is 13.7. The summed E-state index contributed by atoms with van der Waals surface area (Å²) in [5, 5.41) is 19.4. The Morgan fingerprint density at radius 2 is 1.53 bits per heavy atom. The molecule has 340 valence electrons. The van der Waals surface area contributed by atoms with Crippen LogP contribution in [0.3, 0.4) is 0 Å². The van der Waals surface area contributed by atoms with Crippen LogP contribution in [0.2, 0.25) is 0 Å². The van der Waals surface area contributed by atoms with Crippen molar-refractivity contribution in [2.45, 2.75) is 58.1 Å². The maximum Gasteiger partial charge on any atom is 0.286 e. The first kappa shape index (κ1) is 43.8. The number of amides is 3. The van der Waals surface area contributed by atoms with Gasteiger partial charge in [-0.05, 0) is 107 Å². The number of nitrogens with one attached hydrogen (secondary N) is 3. The van der Waals surface area contributed by atoms with Crippen molar-refractivity contribution < 1.29 is 23.9 Å². The molecule has 10 rings (SSSR count). The summed E-state index contributed by atoms with van der Waals surface area (Å²) in [5.74, 6) is 3.85. The third-order valence-electron chi connectivity index (χ3n) is 12.0. The molecule has 3 N–H and O–H groups in total. The Morgan fingerprint density at radius 3 is 2.26 bits per heavy atom. The molecule has 3 aromatic heterocycles. The molecule has 0 spiro atoms. The second-order valence-corrected chi connectivity index (χ2v) is 17.9. The van der Waals surface area contributed by atoms with Gasteiger partial charge < -0.3 is 23.9 Å². The Bertz CT molecular complexity index is 3310.